The summed E-state index contributed by atoms with van der Waals surface area (Å²) >= 11 is 5.91. The van der Waals surface area contributed by atoms with Gasteiger partial charge in [-0.2, -0.15) is 4.98 Å². The molecule has 10 heteroatoms. The lowest BCUT2D eigenvalue weighted by molar-refractivity contribution is -0.754. The van der Waals surface area contributed by atoms with Gasteiger partial charge in [0.2, 0.25) is 11.3 Å². The summed E-state index contributed by atoms with van der Waals surface area (Å²) in [5.74, 6) is 1.93. The third kappa shape index (κ3) is 4.16. The van der Waals surface area contributed by atoms with Crippen LogP contribution in [0.5, 0.6) is 0 Å². The Morgan fingerprint density at radius 2 is 1.72 bits per heavy atom. The molecular formula is C26H28ClN6O3+. The second kappa shape index (κ2) is 9.63. The zero-order chi connectivity index (χ0) is 24.6. The second-order valence-corrected chi connectivity index (χ2v) is 9.86. The molecule has 1 aromatic carbocycles. The number of alkyl halides is 1. The van der Waals surface area contributed by atoms with Crippen molar-refractivity contribution in [1.82, 2.24) is 25.0 Å². The Morgan fingerprint density at radius 3 is 2.44 bits per heavy atom. The Bertz CT molecular complexity index is 1510. The number of hydrogen-bond acceptors (Lipinski definition) is 6. The third-order valence-electron chi connectivity index (χ3n) is 7.30. The Kier molecular flexibility index (Phi) is 6.18. The van der Waals surface area contributed by atoms with Gasteiger partial charge >= 0.3 is 11.3 Å². The number of H-pyrrole nitrogens is 1. The quantitative estimate of drug-likeness (QED) is 0.316. The summed E-state index contributed by atoms with van der Waals surface area (Å²) in [7, 11) is 0. The zero-order valence-corrected chi connectivity index (χ0v) is 20.6. The van der Waals surface area contributed by atoms with E-state index in [2.05, 4.69) is 15.3 Å². The summed E-state index contributed by atoms with van der Waals surface area (Å²) in [6, 6.07) is 11.5. The van der Waals surface area contributed by atoms with Crippen LogP contribution in [-0.4, -0.2) is 32.7 Å². The van der Waals surface area contributed by atoms with Crippen molar-refractivity contribution in [3.05, 3.63) is 62.8 Å². The lowest BCUT2D eigenvalue weighted by atomic mass is 10.1. The maximum atomic E-state index is 13.7. The molecule has 0 atom stereocenters. The normalized spacial score (nSPS) is 17.2. The van der Waals surface area contributed by atoms with Gasteiger partial charge < -0.3 is 9.73 Å². The van der Waals surface area contributed by atoms with Crippen LogP contribution in [0.4, 0.5) is 0 Å². The lowest BCUT2D eigenvalue weighted by Gasteiger charge is -2.23. The summed E-state index contributed by atoms with van der Waals surface area (Å²) in [5, 5.41) is 8.06. The molecule has 1 saturated carbocycles. The fourth-order valence-electron chi connectivity index (χ4n) is 5.36. The molecular weight excluding hydrogens is 480 g/mol. The molecule has 2 fully saturated rings. The van der Waals surface area contributed by atoms with Gasteiger partial charge in [0.15, 0.2) is 5.76 Å². The molecule has 2 N–H and O–H groups in total. The lowest BCUT2D eigenvalue weighted by Crippen LogP contribution is -2.49. The average molecular weight is 508 g/mol. The Balaban J connectivity index is 1.49. The Morgan fingerprint density at radius 1 is 1.00 bits per heavy atom. The standard InChI is InChI=1S/C26H27ClN6O3/c27-15-16-5-7-17(8-6-16)20-9-10-21(36-20)23-29-22-24(33(31-23)19-3-1-2-4-19)30-26(35)32(25(22)34)18-11-13-28-14-12-18/h5-10,18-19,28H,1-4,11-15H2/p+1. The maximum absolute atomic E-state index is 13.7. The van der Waals surface area contributed by atoms with E-state index in [1.807, 2.05) is 36.4 Å². The number of hydrogen-bond donors (Lipinski definition) is 2. The van der Waals surface area contributed by atoms with Crippen LogP contribution in [-0.2, 0) is 5.88 Å². The van der Waals surface area contributed by atoms with Gasteiger partial charge in [0.25, 0.3) is 5.56 Å². The molecule has 0 amide bonds. The van der Waals surface area contributed by atoms with Crippen molar-refractivity contribution in [3.8, 4) is 22.9 Å². The molecule has 1 aliphatic carbocycles. The predicted molar refractivity (Wildman–Crippen MR) is 136 cm³/mol. The fourth-order valence-corrected chi connectivity index (χ4v) is 5.54. The van der Waals surface area contributed by atoms with E-state index < -0.39 is 5.69 Å². The van der Waals surface area contributed by atoms with Gasteiger partial charge in [-0.1, -0.05) is 29.4 Å². The largest absolute Gasteiger partial charge is 0.453 e. The van der Waals surface area contributed by atoms with Crippen molar-refractivity contribution < 1.29 is 9.10 Å². The van der Waals surface area contributed by atoms with Gasteiger partial charge in [0.1, 0.15) is 11.8 Å². The molecule has 186 valence electrons. The second-order valence-electron chi connectivity index (χ2n) is 9.60. The van der Waals surface area contributed by atoms with Crippen LogP contribution >= 0.6 is 11.6 Å². The van der Waals surface area contributed by atoms with E-state index in [0.29, 0.717) is 28.9 Å². The highest BCUT2D eigenvalue weighted by Gasteiger charge is 2.31. The van der Waals surface area contributed by atoms with Crippen LogP contribution in [0.2, 0.25) is 0 Å². The Labute approximate surface area is 212 Å². The highest BCUT2D eigenvalue weighted by molar-refractivity contribution is 6.17. The predicted octanol–water partition coefficient (Wildman–Crippen LogP) is 3.47. The molecule has 2 aliphatic rings. The van der Waals surface area contributed by atoms with E-state index in [1.165, 1.54) is 4.57 Å². The fraction of sp³-hybridized carbons (Fsp3) is 0.423. The zero-order valence-electron chi connectivity index (χ0n) is 19.9. The van der Waals surface area contributed by atoms with Crippen molar-refractivity contribution in [3.63, 3.8) is 0 Å². The van der Waals surface area contributed by atoms with Crippen LogP contribution in [0.15, 0.2) is 50.4 Å². The number of furan rings is 1. The third-order valence-corrected chi connectivity index (χ3v) is 7.61. The first-order chi connectivity index (χ1) is 17.6. The van der Waals surface area contributed by atoms with E-state index in [9.17, 15) is 9.59 Å². The highest BCUT2D eigenvalue weighted by Crippen LogP contribution is 2.29. The first kappa shape index (κ1) is 23.1. The summed E-state index contributed by atoms with van der Waals surface area (Å²) in [6.07, 6.45) is 5.48. The number of piperidine rings is 1. The molecule has 3 aromatic heterocycles. The smallest absolute Gasteiger partial charge is 0.416 e. The van der Waals surface area contributed by atoms with Crippen LogP contribution in [0.3, 0.4) is 0 Å². The molecule has 0 spiro atoms. The first-order valence-electron chi connectivity index (χ1n) is 12.6. The molecule has 0 unspecified atom stereocenters. The molecule has 0 radical (unpaired) electrons. The van der Waals surface area contributed by atoms with Crippen LogP contribution in [0, 0.1) is 0 Å². The van der Waals surface area contributed by atoms with E-state index in [0.717, 1.165) is 62.7 Å². The van der Waals surface area contributed by atoms with Crippen LogP contribution < -0.4 is 21.2 Å². The van der Waals surface area contributed by atoms with Gasteiger partial charge in [-0.05, 0) is 69.3 Å². The van der Waals surface area contributed by atoms with Crippen LogP contribution in [0.1, 0.15) is 56.2 Å². The molecule has 4 aromatic rings. The summed E-state index contributed by atoms with van der Waals surface area (Å²) in [6.45, 7) is 1.54. The van der Waals surface area contributed by atoms with Gasteiger partial charge in [0.05, 0.1) is 0 Å². The van der Waals surface area contributed by atoms with Crippen molar-refractivity contribution in [2.45, 2.75) is 56.5 Å². The molecule has 1 saturated heterocycles. The SMILES string of the molecule is O=c1[nH]c2c(nc(-c3ccc(-c4ccc(CCl)cc4)o3)n[n+]2C2CCCC2)c(=O)n1C1CCNCC1. The Hall–Kier alpha value is -3.30. The number of benzene rings is 1. The minimum absolute atomic E-state index is 0.0940. The maximum Gasteiger partial charge on any atom is 0.416 e. The molecule has 36 heavy (non-hydrogen) atoms. The van der Waals surface area contributed by atoms with E-state index >= 15 is 0 Å². The number of nitrogens with one attached hydrogen (secondary N) is 2. The number of halogens is 1. The van der Waals surface area contributed by atoms with Gasteiger partial charge in [-0.25, -0.2) is 14.3 Å². The number of rotatable bonds is 5. The topological polar surface area (TPSA) is 110 Å². The number of fused-ring (bicyclic) bond motifs is 1. The van der Waals surface area contributed by atoms with Crippen molar-refractivity contribution in [2.75, 3.05) is 13.1 Å². The van der Waals surface area contributed by atoms with E-state index in [1.54, 1.807) is 4.68 Å². The molecule has 1 aliphatic heterocycles. The molecule has 9 nitrogen and oxygen atoms in total. The van der Waals surface area contributed by atoms with Crippen LogP contribution in [0.25, 0.3) is 34.1 Å². The minimum Gasteiger partial charge on any atom is -0.453 e. The number of nitrogens with zero attached hydrogens (tertiary/aromatic N) is 4. The highest BCUT2D eigenvalue weighted by atomic mass is 35.5. The first-order valence-corrected chi connectivity index (χ1v) is 13.1. The van der Waals surface area contributed by atoms with Gasteiger partial charge in [0, 0.05) is 17.5 Å². The van der Waals surface area contributed by atoms with Crippen molar-refractivity contribution in [1.29, 1.82) is 0 Å². The van der Waals surface area contributed by atoms with E-state index in [4.69, 9.17) is 21.1 Å². The van der Waals surface area contributed by atoms with Crippen molar-refractivity contribution in [2.24, 2.45) is 0 Å². The monoisotopic (exact) mass is 507 g/mol. The summed E-state index contributed by atoms with van der Waals surface area (Å²) in [5.41, 5.74) is 1.77. The summed E-state index contributed by atoms with van der Waals surface area (Å²) in [4.78, 5) is 34.3. The van der Waals surface area contributed by atoms with Gasteiger partial charge in [-0.3, -0.25) is 4.79 Å². The molecule has 0 bridgehead atoms. The minimum atomic E-state index is -0.400. The average Bonchev–Trinajstić information content (AvgIpc) is 3.62. The van der Waals surface area contributed by atoms with E-state index in [-0.39, 0.29) is 23.2 Å². The number of aromatic nitrogens is 5. The molecule has 4 heterocycles. The van der Waals surface area contributed by atoms with Crippen molar-refractivity contribution >= 4 is 22.8 Å². The van der Waals surface area contributed by atoms with Gasteiger partial charge in [-0.15, -0.1) is 16.3 Å². The number of aromatic amines is 1. The molecule has 6 rings (SSSR count). The summed E-state index contributed by atoms with van der Waals surface area (Å²) < 4.78 is 9.27.